The summed E-state index contributed by atoms with van der Waals surface area (Å²) < 4.78 is 27.7. The summed E-state index contributed by atoms with van der Waals surface area (Å²) in [6.45, 7) is 0. The fourth-order valence-corrected chi connectivity index (χ4v) is 4.45. The van der Waals surface area contributed by atoms with E-state index in [-0.39, 0.29) is 16.4 Å². The van der Waals surface area contributed by atoms with Gasteiger partial charge in [-0.3, -0.25) is 4.68 Å². The van der Waals surface area contributed by atoms with Gasteiger partial charge in [-0.2, -0.15) is 9.40 Å². The summed E-state index contributed by atoms with van der Waals surface area (Å²) in [5.74, 6) is 0. The van der Waals surface area contributed by atoms with Crippen molar-refractivity contribution >= 4 is 21.6 Å². The molecule has 0 saturated heterocycles. The van der Waals surface area contributed by atoms with Gasteiger partial charge in [-0.1, -0.05) is 12.8 Å². The van der Waals surface area contributed by atoms with Crippen molar-refractivity contribution in [3.8, 4) is 0 Å². The Bertz CT molecular complexity index is 514. The van der Waals surface area contributed by atoms with Crippen molar-refractivity contribution in [1.29, 1.82) is 0 Å². The van der Waals surface area contributed by atoms with Crippen molar-refractivity contribution in [2.75, 3.05) is 7.05 Å². The van der Waals surface area contributed by atoms with Crippen molar-refractivity contribution in [1.82, 2.24) is 14.1 Å². The summed E-state index contributed by atoms with van der Waals surface area (Å²) in [5, 5.41) is 4.01. The van der Waals surface area contributed by atoms with Crippen molar-refractivity contribution < 1.29 is 8.42 Å². The molecule has 0 amide bonds. The molecule has 0 radical (unpaired) electrons. The van der Waals surface area contributed by atoms with E-state index in [9.17, 15) is 8.42 Å². The largest absolute Gasteiger partial charge is 0.260 e. The Hall–Kier alpha value is -0.590. The minimum absolute atomic E-state index is 0.105. The molecule has 0 bridgehead atoms. The minimum Gasteiger partial charge on any atom is -0.256 e. The standard InChI is InChI=1S/C11H18ClN3O2S/c1-14-11(7-8-13-14)18(16,17)15(2)10-6-4-3-5-9(10)12/h7-10H,3-6H2,1-2H3. The van der Waals surface area contributed by atoms with Crippen LogP contribution in [0.25, 0.3) is 0 Å². The fourth-order valence-electron chi connectivity index (χ4n) is 2.42. The fraction of sp³-hybridized carbons (Fsp3) is 0.727. The molecule has 2 atom stereocenters. The van der Waals surface area contributed by atoms with Crippen LogP contribution in [0, 0.1) is 0 Å². The molecular formula is C11H18ClN3O2S. The summed E-state index contributed by atoms with van der Waals surface area (Å²) in [6.07, 6.45) is 5.28. The van der Waals surface area contributed by atoms with E-state index in [4.69, 9.17) is 11.6 Å². The van der Waals surface area contributed by atoms with Crippen LogP contribution < -0.4 is 0 Å². The smallest absolute Gasteiger partial charge is 0.256 e. The quantitative estimate of drug-likeness (QED) is 0.795. The first-order valence-corrected chi connectivity index (χ1v) is 7.92. The highest BCUT2D eigenvalue weighted by molar-refractivity contribution is 7.89. The Labute approximate surface area is 113 Å². The van der Waals surface area contributed by atoms with Gasteiger partial charge in [-0.25, -0.2) is 8.42 Å². The number of hydrogen-bond donors (Lipinski definition) is 0. The van der Waals surface area contributed by atoms with Crippen molar-refractivity contribution in [2.24, 2.45) is 7.05 Å². The van der Waals surface area contributed by atoms with E-state index in [1.54, 1.807) is 14.1 Å². The lowest BCUT2D eigenvalue weighted by Crippen LogP contribution is -2.44. The molecule has 0 aliphatic heterocycles. The van der Waals surface area contributed by atoms with Gasteiger partial charge in [-0.05, 0) is 18.9 Å². The second kappa shape index (κ2) is 5.19. The third-order valence-electron chi connectivity index (χ3n) is 3.53. The number of aromatic nitrogens is 2. The van der Waals surface area contributed by atoms with Gasteiger partial charge in [0.15, 0.2) is 5.03 Å². The lowest BCUT2D eigenvalue weighted by atomic mass is 9.95. The Kier molecular flexibility index (Phi) is 3.99. The number of aryl methyl sites for hydroxylation is 1. The summed E-state index contributed by atoms with van der Waals surface area (Å²) >= 11 is 6.26. The number of hydrogen-bond acceptors (Lipinski definition) is 3. The van der Waals surface area contributed by atoms with Gasteiger partial charge in [0, 0.05) is 20.1 Å². The van der Waals surface area contributed by atoms with Crippen LogP contribution in [0.4, 0.5) is 0 Å². The normalized spacial score (nSPS) is 25.6. The molecule has 1 heterocycles. The van der Waals surface area contributed by atoms with Crippen LogP contribution in [0.3, 0.4) is 0 Å². The van der Waals surface area contributed by atoms with E-state index in [2.05, 4.69) is 5.10 Å². The predicted octanol–water partition coefficient (Wildman–Crippen LogP) is 1.59. The van der Waals surface area contributed by atoms with Gasteiger partial charge in [-0.15, -0.1) is 11.6 Å². The zero-order valence-electron chi connectivity index (χ0n) is 10.6. The summed E-state index contributed by atoms with van der Waals surface area (Å²) in [6, 6.07) is 1.39. The topological polar surface area (TPSA) is 55.2 Å². The third-order valence-corrected chi connectivity index (χ3v) is 6.00. The van der Waals surface area contributed by atoms with Crippen LogP contribution in [-0.2, 0) is 17.1 Å². The highest BCUT2D eigenvalue weighted by atomic mass is 35.5. The van der Waals surface area contributed by atoms with E-state index < -0.39 is 10.0 Å². The first-order chi connectivity index (χ1) is 8.44. The van der Waals surface area contributed by atoms with Crippen molar-refractivity contribution in [3.05, 3.63) is 12.3 Å². The number of nitrogens with zero attached hydrogens (tertiary/aromatic N) is 3. The Morgan fingerprint density at radius 1 is 1.44 bits per heavy atom. The number of halogens is 1. The maximum Gasteiger partial charge on any atom is 0.260 e. The summed E-state index contributed by atoms with van der Waals surface area (Å²) in [5.41, 5.74) is 0. The molecule has 0 spiro atoms. The first-order valence-electron chi connectivity index (χ1n) is 6.04. The van der Waals surface area contributed by atoms with Crippen molar-refractivity contribution in [3.63, 3.8) is 0 Å². The average Bonchev–Trinajstić information content (AvgIpc) is 2.76. The van der Waals surface area contributed by atoms with Gasteiger partial charge in [0.2, 0.25) is 0 Å². The lowest BCUT2D eigenvalue weighted by molar-refractivity contribution is 0.289. The summed E-state index contributed by atoms with van der Waals surface area (Å²) in [7, 11) is -0.280. The number of alkyl halides is 1. The minimum atomic E-state index is -3.51. The molecule has 0 N–H and O–H groups in total. The summed E-state index contributed by atoms with van der Waals surface area (Å²) in [4.78, 5) is 0. The Balaban J connectivity index is 2.27. The SMILES string of the molecule is CN(C1CCCCC1Cl)S(=O)(=O)c1ccnn1C. The predicted molar refractivity (Wildman–Crippen MR) is 70.1 cm³/mol. The second-order valence-corrected chi connectivity index (χ2v) is 7.19. The van der Waals surface area contributed by atoms with Crippen LogP contribution in [0.2, 0.25) is 0 Å². The maximum atomic E-state index is 12.5. The van der Waals surface area contributed by atoms with E-state index in [1.165, 1.54) is 21.3 Å². The molecule has 18 heavy (non-hydrogen) atoms. The molecule has 1 aromatic rings. The molecule has 7 heteroatoms. The van der Waals surface area contributed by atoms with Crippen LogP contribution in [0.5, 0.6) is 0 Å². The van der Waals surface area contributed by atoms with E-state index in [0.717, 1.165) is 25.7 Å². The van der Waals surface area contributed by atoms with Crippen LogP contribution >= 0.6 is 11.6 Å². The van der Waals surface area contributed by atoms with E-state index in [0.29, 0.717) is 0 Å². The van der Waals surface area contributed by atoms with Crippen LogP contribution in [0.15, 0.2) is 17.3 Å². The Morgan fingerprint density at radius 2 is 2.11 bits per heavy atom. The monoisotopic (exact) mass is 291 g/mol. The number of sulfonamides is 1. The van der Waals surface area contributed by atoms with Gasteiger partial charge in [0.25, 0.3) is 10.0 Å². The third kappa shape index (κ3) is 2.41. The molecule has 1 aliphatic carbocycles. The van der Waals surface area contributed by atoms with Crippen molar-refractivity contribution in [2.45, 2.75) is 42.1 Å². The van der Waals surface area contributed by atoms with E-state index in [1.807, 2.05) is 0 Å². The number of rotatable bonds is 3. The molecule has 0 aromatic carbocycles. The zero-order chi connectivity index (χ0) is 13.3. The average molecular weight is 292 g/mol. The van der Waals surface area contributed by atoms with E-state index >= 15 is 0 Å². The highest BCUT2D eigenvalue weighted by Crippen LogP contribution is 2.29. The lowest BCUT2D eigenvalue weighted by Gasteiger charge is -2.33. The van der Waals surface area contributed by atoms with Gasteiger partial charge in [0.1, 0.15) is 0 Å². The Morgan fingerprint density at radius 3 is 2.67 bits per heavy atom. The van der Waals surface area contributed by atoms with Gasteiger partial charge in [0.05, 0.1) is 11.6 Å². The molecule has 5 nitrogen and oxygen atoms in total. The molecule has 102 valence electrons. The molecule has 1 fully saturated rings. The second-order valence-electron chi connectivity index (χ2n) is 4.68. The zero-order valence-corrected chi connectivity index (χ0v) is 12.2. The molecule has 1 aliphatic rings. The molecule has 2 unspecified atom stereocenters. The molecule has 1 saturated carbocycles. The van der Waals surface area contributed by atoms with Gasteiger partial charge < -0.3 is 0 Å². The first kappa shape index (κ1) is 13.8. The molecule has 1 aromatic heterocycles. The van der Waals surface area contributed by atoms with Crippen LogP contribution in [0.1, 0.15) is 25.7 Å². The molecular weight excluding hydrogens is 274 g/mol. The maximum absolute atomic E-state index is 12.5. The van der Waals surface area contributed by atoms with Gasteiger partial charge >= 0.3 is 0 Å². The molecule has 2 rings (SSSR count). The van der Waals surface area contributed by atoms with Crippen LogP contribution in [-0.4, -0.2) is 41.0 Å². The highest BCUT2D eigenvalue weighted by Gasteiger charge is 2.35.